The molecule has 0 saturated heterocycles. The van der Waals surface area contributed by atoms with Gasteiger partial charge in [0, 0.05) is 10.9 Å². The third-order valence-electron chi connectivity index (χ3n) is 0.0514. The summed E-state index contributed by atoms with van der Waals surface area (Å²) < 4.78 is 0. The summed E-state index contributed by atoms with van der Waals surface area (Å²) in [6.45, 7) is 0. The van der Waals surface area contributed by atoms with Gasteiger partial charge in [-0.1, -0.05) is 24.2 Å². The zero-order valence-electron chi connectivity index (χ0n) is 1.94. The van der Waals surface area contributed by atoms with Gasteiger partial charge in [-0.25, -0.2) is 0 Å². The Morgan fingerprint density at radius 3 is 2.00 bits per heavy atom. The molecule has 0 aliphatic rings. The molecule has 0 bridgehead atoms. The van der Waals surface area contributed by atoms with E-state index in [0.29, 0.717) is 0 Å². The van der Waals surface area contributed by atoms with Crippen LogP contribution in [0.5, 0.6) is 0 Å². The average molecular weight is 93.6 g/mol. The van der Waals surface area contributed by atoms with Crippen LogP contribution in [0.25, 0.3) is 0 Å². The Hall–Kier alpha value is 0.250. The monoisotopic (exact) mass is 93.0 g/mol. The molecule has 0 aliphatic carbocycles. The number of hydrogen-bond acceptors (Lipinski definition) is 0. The normalized spacial score (nSPS) is 9.25. The topological polar surface area (TPSA) is 0 Å². The highest BCUT2D eigenvalue weighted by atomic mass is 35.5. The molecule has 4 heavy (non-hydrogen) atoms. The van der Waals surface area contributed by atoms with Crippen molar-refractivity contribution in [3.05, 3.63) is 10.9 Å². The molecule has 0 aromatic rings. The van der Waals surface area contributed by atoms with Crippen LogP contribution in [0.3, 0.4) is 0 Å². The molecule has 0 N–H and O–H groups in total. The predicted molar refractivity (Wildman–Crippen MR) is 22.6 cm³/mol. The molecule has 0 spiro atoms. The SMILES string of the molecule is [S]C=CCl. The maximum atomic E-state index is 4.90. The smallest absolute Gasteiger partial charge is 0.0150 e. The van der Waals surface area contributed by atoms with E-state index in [1.165, 1.54) is 10.9 Å². The van der Waals surface area contributed by atoms with Crippen molar-refractivity contribution in [2.75, 3.05) is 0 Å². The Labute approximate surface area is 35.9 Å². The van der Waals surface area contributed by atoms with E-state index in [4.69, 9.17) is 11.6 Å². The minimum absolute atomic E-state index is 1.29. The van der Waals surface area contributed by atoms with Gasteiger partial charge < -0.3 is 0 Å². The lowest BCUT2D eigenvalue weighted by molar-refractivity contribution is 2.55. The van der Waals surface area contributed by atoms with Gasteiger partial charge in [-0.3, -0.25) is 0 Å². The van der Waals surface area contributed by atoms with Crippen molar-refractivity contribution in [3.8, 4) is 0 Å². The lowest BCUT2D eigenvalue weighted by Gasteiger charge is -1.44. The Balaban J connectivity index is 2.55. The average Bonchev–Trinajstić information content (AvgIpc) is 1.37. The second-order valence-electron chi connectivity index (χ2n) is 0.262. The molecule has 23 valence electrons. The molecule has 0 fully saturated rings. The molecule has 1 radical (unpaired) electrons. The fraction of sp³-hybridized carbons (Fsp3) is 0. The molecule has 2 heteroatoms. The third kappa shape index (κ3) is 2.25. The van der Waals surface area contributed by atoms with Crippen LogP contribution in [0.2, 0.25) is 0 Å². The molecule has 0 saturated carbocycles. The van der Waals surface area contributed by atoms with Gasteiger partial charge in [0.05, 0.1) is 0 Å². The summed E-state index contributed by atoms with van der Waals surface area (Å²) in [4.78, 5) is 0. The van der Waals surface area contributed by atoms with Gasteiger partial charge >= 0.3 is 0 Å². The summed E-state index contributed by atoms with van der Waals surface area (Å²) in [5, 5.41) is 1.35. The number of halogens is 1. The summed E-state index contributed by atoms with van der Waals surface area (Å²) in [7, 11) is 0. The highest BCUT2D eigenvalue weighted by Gasteiger charge is 1.40. The molecule has 0 nitrogen and oxygen atoms in total. The standard InChI is InChI=1S/C2H2ClS/c3-1-2-4/h1-2H. The van der Waals surface area contributed by atoms with E-state index in [9.17, 15) is 0 Å². The first-order valence-electron chi connectivity index (χ1n) is 0.787. The van der Waals surface area contributed by atoms with Crippen molar-refractivity contribution in [2.24, 2.45) is 0 Å². The summed E-state index contributed by atoms with van der Waals surface area (Å²) in [6, 6.07) is 0. The lowest BCUT2D eigenvalue weighted by Crippen LogP contribution is -1.11. The maximum absolute atomic E-state index is 4.90. The van der Waals surface area contributed by atoms with Crippen molar-refractivity contribution in [1.82, 2.24) is 0 Å². The fourth-order valence-corrected chi connectivity index (χ4v) is 0. The van der Waals surface area contributed by atoms with Crippen LogP contribution in [0.4, 0.5) is 0 Å². The molecule has 0 aromatic heterocycles. The molecule has 0 rings (SSSR count). The largest absolute Gasteiger partial charge is 0.0921 e. The van der Waals surface area contributed by atoms with Crippen molar-refractivity contribution in [2.45, 2.75) is 0 Å². The molecule has 0 amide bonds. The molecule has 0 atom stereocenters. The van der Waals surface area contributed by atoms with Gasteiger partial charge in [0.15, 0.2) is 0 Å². The molecule has 0 aromatic carbocycles. The van der Waals surface area contributed by atoms with E-state index in [-0.39, 0.29) is 0 Å². The molecular weight excluding hydrogens is 91.5 g/mol. The Bertz CT molecular complexity index is 21.2. The van der Waals surface area contributed by atoms with E-state index in [1.54, 1.807) is 0 Å². The number of hydrogen-bond donors (Lipinski definition) is 0. The van der Waals surface area contributed by atoms with Crippen LogP contribution in [-0.2, 0) is 0 Å². The maximum Gasteiger partial charge on any atom is 0.0150 e. The van der Waals surface area contributed by atoms with Crippen molar-refractivity contribution in [1.29, 1.82) is 0 Å². The van der Waals surface area contributed by atoms with Crippen LogP contribution in [-0.4, -0.2) is 0 Å². The first-order chi connectivity index (χ1) is 1.91. The minimum atomic E-state index is 1.29. The van der Waals surface area contributed by atoms with Gasteiger partial charge in [-0.2, -0.15) is 0 Å². The predicted octanol–water partition coefficient (Wildman–Crippen LogP) is 1.89. The molecule has 0 unspecified atom stereocenters. The molecule has 0 aliphatic heterocycles. The summed E-state index contributed by atoms with van der Waals surface area (Å²) in [5.74, 6) is 0. The molecule has 0 heterocycles. The molecular formula is C2H2ClS. The van der Waals surface area contributed by atoms with Crippen molar-refractivity contribution in [3.63, 3.8) is 0 Å². The van der Waals surface area contributed by atoms with E-state index < -0.39 is 0 Å². The first kappa shape index (κ1) is 4.25. The zero-order chi connectivity index (χ0) is 3.41. The van der Waals surface area contributed by atoms with Crippen molar-refractivity contribution < 1.29 is 0 Å². The second-order valence-corrected chi connectivity index (χ2v) is 0.786. The van der Waals surface area contributed by atoms with Crippen LogP contribution in [0.1, 0.15) is 0 Å². The summed E-state index contributed by atoms with van der Waals surface area (Å²) in [5.41, 5.74) is 1.29. The van der Waals surface area contributed by atoms with Crippen LogP contribution in [0.15, 0.2) is 10.9 Å². The Kier molecular flexibility index (Phi) is 3.45. The quantitative estimate of drug-likeness (QED) is 0.429. The fourth-order valence-electron chi connectivity index (χ4n) is 0. The third-order valence-corrected chi connectivity index (χ3v) is 0.463. The van der Waals surface area contributed by atoms with Gasteiger partial charge in [-0.05, 0) is 0 Å². The van der Waals surface area contributed by atoms with E-state index in [0.717, 1.165) is 0 Å². The van der Waals surface area contributed by atoms with Crippen LogP contribution in [0, 0.1) is 0 Å². The Morgan fingerprint density at radius 1 is 1.75 bits per heavy atom. The summed E-state index contributed by atoms with van der Waals surface area (Å²) in [6.07, 6.45) is 0. The second kappa shape index (κ2) is 3.25. The van der Waals surface area contributed by atoms with Crippen molar-refractivity contribution >= 4 is 24.2 Å². The van der Waals surface area contributed by atoms with Gasteiger partial charge in [0.2, 0.25) is 0 Å². The van der Waals surface area contributed by atoms with Gasteiger partial charge in [0.1, 0.15) is 0 Å². The van der Waals surface area contributed by atoms with E-state index in [1.807, 2.05) is 0 Å². The van der Waals surface area contributed by atoms with Gasteiger partial charge in [-0.15, -0.1) is 0 Å². The zero-order valence-corrected chi connectivity index (χ0v) is 3.51. The first-order valence-corrected chi connectivity index (χ1v) is 1.70. The van der Waals surface area contributed by atoms with Crippen LogP contribution >= 0.6 is 24.2 Å². The van der Waals surface area contributed by atoms with E-state index >= 15 is 0 Å². The van der Waals surface area contributed by atoms with E-state index in [2.05, 4.69) is 12.6 Å². The Morgan fingerprint density at radius 2 is 2.00 bits per heavy atom. The van der Waals surface area contributed by atoms with Gasteiger partial charge in [0.25, 0.3) is 0 Å². The summed E-state index contributed by atoms with van der Waals surface area (Å²) >= 11 is 9.14. The minimum Gasteiger partial charge on any atom is -0.0921 e. The highest BCUT2D eigenvalue weighted by molar-refractivity contribution is 7.83. The lowest BCUT2D eigenvalue weighted by atomic mass is 11.3. The van der Waals surface area contributed by atoms with Crippen LogP contribution < -0.4 is 0 Å². The highest BCUT2D eigenvalue weighted by Crippen LogP contribution is 1.77. The number of rotatable bonds is 0.